The summed E-state index contributed by atoms with van der Waals surface area (Å²) >= 11 is 0. The molecule has 0 spiro atoms. The summed E-state index contributed by atoms with van der Waals surface area (Å²) < 4.78 is 5.67. The van der Waals surface area contributed by atoms with Gasteiger partial charge in [0.1, 0.15) is 11.8 Å². The lowest BCUT2D eigenvalue weighted by molar-refractivity contribution is -0.137. The number of nitrogens with one attached hydrogen (secondary N) is 1. The van der Waals surface area contributed by atoms with Crippen LogP contribution in [0, 0.1) is 5.92 Å². The first kappa shape index (κ1) is 14.4. The molecule has 0 bridgehead atoms. The van der Waals surface area contributed by atoms with E-state index >= 15 is 0 Å². The predicted octanol–water partition coefficient (Wildman–Crippen LogP) is 3.00. The number of anilines is 1. The van der Waals surface area contributed by atoms with Gasteiger partial charge in [-0.25, -0.2) is 4.79 Å². The first-order chi connectivity index (χ1) is 8.54. The highest BCUT2D eigenvalue weighted by atomic mass is 16.5. The van der Waals surface area contributed by atoms with Crippen molar-refractivity contribution in [3.8, 4) is 5.75 Å². The zero-order chi connectivity index (χ0) is 13.5. The fourth-order valence-corrected chi connectivity index (χ4v) is 1.49. The van der Waals surface area contributed by atoms with Crippen LogP contribution in [0.15, 0.2) is 24.3 Å². The molecule has 1 unspecified atom stereocenters. The summed E-state index contributed by atoms with van der Waals surface area (Å²) in [6, 6.07) is 6.83. The molecule has 1 atom stereocenters. The quantitative estimate of drug-likeness (QED) is 0.782. The molecule has 1 aromatic rings. The zero-order valence-corrected chi connectivity index (χ0v) is 11.1. The molecule has 0 radical (unpaired) electrons. The maximum atomic E-state index is 11.0. The highest BCUT2D eigenvalue weighted by molar-refractivity contribution is 5.78. The summed E-state index contributed by atoms with van der Waals surface area (Å²) in [4.78, 5) is 11.0. The molecule has 0 aliphatic heterocycles. The van der Waals surface area contributed by atoms with Gasteiger partial charge in [0.2, 0.25) is 0 Å². The Labute approximate surface area is 108 Å². The van der Waals surface area contributed by atoms with E-state index in [0.717, 1.165) is 5.69 Å². The van der Waals surface area contributed by atoms with Gasteiger partial charge in [-0.1, -0.05) is 32.9 Å². The van der Waals surface area contributed by atoms with Crippen molar-refractivity contribution in [1.29, 1.82) is 0 Å². The van der Waals surface area contributed by atoms with Gasteiger partial charge in [0.25, 0.3) is 0 Å². The van der Waals surface area contributed by atoms with E-state index in [0.29, 0.717) is 24.7 Å². The second-order valence-corrected chi connectivity index (χ2v) is 4.64. The molecule has 0 aromatic heterocycles. The van der Waals surface area contributed by atoms with Gasteiger partial charge in [0.05, 0.1) is 12.3 Å². The van der Waals surface area contributed by atoms with Crippen LogP contribution in [0.2, 0.25) is 0 Å². The molecule has 0 saturated heterocycles. The molecule has 2 N–H and O–H groups in total. The maximum Gasteiger partial charge on any atom is 0.326 e. The molecule has 0 aliphatic rings. The molecule has 1 rings (SSSR count). The van der Waals surface area contributed by atoms with Crippen LogP contribution in [0.5, 0.6) is 5.75 Å². The zero-order valence-electron chi connectivity index (χ0n) is 11.1. The number of rotatable bonds is 7. The van der Waals surface area contributed by atoms with Crippen molar-refractivity contribution in [2.75, 3.05) is 11.9 Å². The summed E-state index contributed by atoms with van der Waals surface area (Å²) in [5.74, 6) is 0.279. The SMILES string of the molecule is CCC(Nc1ccccc1OCC(C)C)C(=O)O. The Bertz CT molecular complexity index is 390. The van der Waals surface area contributed by atoms with Gasteiger partial charge >= 0.3 is 5.97 Å². The van der Waals surface area contributed by atoms with E-state index in [9.17, 15) is 4.79 Å². The minimum absolute atomic E-state index is 0.430. The summed E-state index contributed by atoms with van der Waals surface area (Å²) in [6.07, 6.45) is 0.522. The second kappa shape index (κ2) is 6.89. The van der Waals surface area contributed by atoms with E-state index in [4.69, 9.17) is 9.84 Å². The molecule has 4 nitrogen and oxygen atoms in total. The van der Waals surface area contributed by atoms with E-state index in [-0.39, 0.29) is 0 Å². The van der Waals surface area contributed by atoms with Crippen LogP contribution in [-0.2, 0) is 4.79 Å². The summed E-state index contributed by atoms with van der Waals surface area (Å²) in [7, 11) is 0. The average Bonchev–Trinajstić information content (AvgIpc) is 2.34. The van der Waals surface area contributed by atoms with Gasteiger partial charge in [-0.2, -0.15) is 0 Å². The van der Waals surface area contributed by atoms with Gasteiger partial charge in [0.15, 0.2) is 0 Å². The van der Waals surface area contributed by atoms with E-state index < -0.39 is 12.0 Å². The molecule has 0 heterocycles. The number of ether oxygens (including phenoxy) is 1. The number of aliphatic carboxylic acids is 1. The van der Waals surface area contributed by atoms with Gasteiger partial charge < -0.3 is 15.2 Å². The Morgan fingerprint density at radius 2 is 2.06 bits per heavy atom. The van der Waals surface area contributed by atoms with Gasteiger partial charge in [-0.3, -0.25) is 0 Å². The molecule has 1 aromatic carbocycles. The number of hydrogen-bond acceptors (Lipinski definition) is 3. The Balaban J connectivity index is 2.78. The van der Waals surface area contributed by atoms with Crippen molar-refractivity contribution in [2.45, 2.75) is 33.2 Å². The monoisotopic (exact) mass is 251 g/mol. The standard InChI is InChI=1S/C14H21NO3/c1-4-11(14(16)17)15-12-7-5-6-8-13(12)18-9-10(2)3/h5-8,10-11,15H,4,9H2,1-3H3,(H,16,17). The van der Waals surface area contributed by atoms with Crippen molar-refractivity contribution < 1.29 is 14.6 Å². The van der Waals surface area contributed by atoms with Gasteiger partial charge in [-0.15, -0.1) is 0 Å². The van der Waals surface area contributed by atoms with Crippen molar-refractivity contribution in [3.05, 3.63) is 24.3 Å². The Hall–Kier alpha value is -1.71. The number of hydrogen-bond donors (Lipinski definition) is 2. The predicted molar refractivity (Wildman–Crippen MR) is 72.1 cm³/mol. The van der Waals surface area contributed by atoms with Crippen LogP contribution in [-0.4, -0.2) is 23.7 Å². The lowest BCUT2D eigenvalue weighted by Gasteiger charge is -2.18. The lowest BCUT2D eigenvalue weighted by Crippen LogP contribution is -2.28. The van der Waals surface area contributed by atoms with Crippen molar-refractivity contribution in [3.63, 3.8) is 0 Å². The third kappa shape index (κ3) is 4.28. The number of benzene rings is 1. The summed E-state index contributed by atoms with van der Waals surface area (Å²) in [6.45, 7) is 6.59. The lowest BCUT2D eigenvalue weighted by atomic mass is 10.2. The molecular weight excluding hydrogens is 230 g/mol. The van der Waals surface area contributed by atoms with Crippen LogP contribution in [0.3, 0.4) is 0 Å². The molecule has 4 heteroatoms. The minimum Gasteiger partial charge on any atom is -0.491 e. The van der Waals surface area contributed by atoms with E-state index in [1.807, 2.05) is 31.2 Å². The van der Waals surface area contributed by atoms with Crippen LogP contribution >= 0.6 is 0 Å². The summed E-state index contributed by atoms with van der Waals surface area (Å²) in [5, 5.41) is 12.0. The fourth-order valence-electron chi connectivity index (χ4n) is 1.49. The van der Waals surface area contributed by atoms with Crippen molar-refractivity contribution in [1.82, 2.24) is 0 Å². The molecule has 100 valence electrons. The van der Waals surface area contributed by atoms with Crippen molar-refractivity contribution >= 4 is 11.7 Å². The highest BCUT2D eigenvalue weighted by Gasteiger charge is 2.16. The molecular formula is C14H21NO3. The molecule has 0 fully saturated rings. The van der Waals surface area contributed by atoms with Crippen LogP contribution in [0.4, 0.5) is 5.69 Å². The third-order valence-corrected chi connectivity index (χ3v) is 2.50. The van der Waals surface area contributed by atoms with Crippen LogP contribution in [0.1, 0.15) is 27.2 Å². The van der Waals surface area contributed by atoms with Crippen LogP contribution in [0.25, 0.3) is 0 Å². The average molecular weight is 251 g/mol. The number of para-hydroxylation sites is 2. The van der Waals surface area contributed by atoms with E-state index in [2.05, 4.69) is 19.2 Å². The highest BCUT2D eigenvalue weighted by Crippen LogP contribution is 2.25. The summed E-state index contributed by atoms with van der Waals surface area (Å²) in [5.41, 5.74) is 0.729. The molecule has 18 heavy (non-hydrogen) atoms. The first-order valence-corrected chi connectivity index (χ1v) is 6.25. The topological polar surface area (TPSA) is 58.6 Å². The molecule has 0 aliphatic carbocycles. The fraction of sp³-hybridized carbons (Fsp3) is 0.500. The second-order valence-electron chi connectivity index (χ2n) is 4.64. The van der Waals surface area contributed by atoms with E-state index in [1.165, 1.54) is 0 Å². The minimum atomic E-state index is -0.851. The molecule has 0 saturated carbocycles. The smallest absolute Gasteiger partial charge is 0.326 e. The Morgan fingerprint density at radius 3 is 2.61 bits per heavy atom. The largest absolute Gasteiger partial charge is 0.491 e. The number of carboxylic acids is 1. The Morgan fingerprint density at radius 1 is 1.39 bits per heavy atom. The maximum absolute atomic E-state index is 11.0. The van der Waals surface area contributed by atoms with Gasteiger partial charge in [-0.05, 0) is 24.5 Å². The van der Waals surface area contributed by atoms with E-state index in [1.54, 1.807) is 0 Å². The number of carbonyl (C=O) groups is 1. The molecule has 0 amide bonds. The normalized spacial score (nSPS) is 12.2. The van der Waals surface area contributed by atoms with Crippen molar-refractivity contribution in [2.24, 2.45) is 5.92 Å². The number of carboxylic acid groups (broad SMARTS) is 1. The van der Waals surface area contributed by atoms with Gasteiger partial charge in [0, 0.05) is 0 Å². The third-order valence-electron chi connectivity index (χ3n) is 2.50. The Kier molecular flexibility index (Phi) is 5.49. The van der Waals surface area contributed by atoms with Crippen LogP contribution < -0.4 is 10.1 Å². The first-order valence-electron chi connectivity index (χ1n) is 6.25.